The second kappa shape index (κ2) is 5.48. The quantitative estimate of drug-likeness (QED) is 0.793. The fourth-order valence-electron chi connectivity index (χ4n) is 1.82. The van der Waals surface area contributed by atoms with E-state index in [1.54, 1.807) is 25.1 Å². The lowest BCUT2D eigenvalue weighted by Crippen LogP contribution is -2.08. The highest BCUT2D eigenvalue weighted by atomic mass is 79.9. The molecule has 0 amide bonds. The number of hydrogen-bond donors (Lipinski definition) is 3. The summed E-state index contributed by atoms with van der Waals surface area (Å²) in [5.74, 6) is -0.416. The van der Waals surface area contributed by atoms with Crippen LogP contribution in [0.2, 0.25) is 0 Å². The van der Waals surface area contributed by atoms with Crippen molar-refractivity contribution >= 4 is 21.6 Å². The monoisotopic (exact) mass is 325 g/mol. The first-order valence-corrected chi connectivity index (χ1v) is 6.50. The molecule has 0 aliphatic rings. The van der Waals surface area contributed by atoms with Crippen molar-refractivity contribution in [1.82, 2.24) is 0 Å². The van der Waals surface area contributed by atoms with Crippen molar-refractivity contribution in [3.63, 3.8) is 0 Å². The summed E-state index contributed by atoms with van der Waals surface area (Å²) in [5, 5.41) is 22.0. The van der Waals surface area contributed by atoms with E-state index in [-0.39, 0.29) is 23.4 Å². The molecule has 3 nitrogen and oxygen atoms in total. The van der Waals surface area contributed by atoms with Crippen LogP contribution in [0.1, 0.15) is 18.5 Å². The second-order valence-electron chi connectivity index (χ2n) is 4.23. The first-order chi connectivity index (χ1) is 8.97. The van der Waals surface area contributed by atoms with E-state index in [0.29, 0.717) is 15.7 Å². The Hall–Kier alpha value is -1.75. The Morgan fingerprint density at radius 2 is 1.89 bits per heavy atom. The van der Waals surface area contributed by atoms with E-state index in [0.717, 1.165) is 0 Å². The molecule has 0 aromatic heterocycles. The van der Waals surface area contributed by atoms with Crippen LogP contribution in [0.15, 0.2) is 40.9 Å². The standard InChI is InChI=1S/C14H13BrFNO2/c1-8(11-4-3-10(18)7-14(11)19)17-13-5-2-9(15)6-12(13)16/h2-8,17-19H,1H3. The highest BCUT2D eigenvalue weighted by Crippen LogP contribution is 2.31. The number of nitrogens with one attached hydrogen (secondary N) is 1. The summed E-state index contributed by atoms with van der Waals surface area (Å²) in [6, 6.07) is 8.75. The summed E-state index contributed by atoms with van der Waals surface area (Å²) in [7, 11) is 0. The van der Waals surface area contributed by atoms with Gasteiger partial charge in [0.1, 0.15) is 17.3 Å². The van der Waals surface area contributed by atoms with Crippen LogP contribution in [0, 0.1) is 5.82 Å². The number of rotatable bonds is 3. The molecule has 0 spiro atoms. The smallest absolute Gasteiger partial charge is 0.147 e. The molecule has 0 bridgehead atoms. The van der Waals surface area contributed by atoms with Gasteiger partial charge in [-0.15, -0.1) is 0 Å². The van der Waals surface area contributed by atoms with E-state index < -0.39 is 0 Å². The lowest BCUT2D eigenvalue weighted by molar-refractivity contribution is 0.444. The molecule has 2 aromatic rings. The van der Waals surface area contributed by atoms with Gasteiger partial charge in [0.05, 0.1) is 11.7 Å². The average molecular weight is 326 g/mol. The van der Waals surface area contributed by atoms with E-state index in [9.17, 15) is 14.6 Å². The summed E-state index contributed by atoms with van der Waals surface area (Å²) < 4.78 is 14.4. The van der Waals surface area contributed by atoms with Gasteiger partial charge in [0.25, 0.3) is 0 Å². The van der Waals surface area contributed by atoms with E-state index >= 15 is 0 Å². The molecular formula is C14H13BrFNO2. The van der Waals surface area contributed by atoms with Gasteiger partial charge in [-0.2, -0.15) is 0 Å². The minimum Gasteiger partial charge on any atom is -0.508 e. The Kier molecular flexibility index (Phi) is 3.95. The number of halogens is 2. The second-order valence-corrected chi connectivity index (χ2v) is 5.15. The Bertz CT molecular complexity index is 604. The molecule has 19 heavy (non-hydrogen) atoms. The van der Waals surface area contributed by atoms with Gasteiger partial charge in [-0.05, 0) is 37.3 Å². The molecule has 3 N–H and O–H groups in total. The van der Waals surface area contributed by atoms with Crippen molar-refractivity contribution < 1.29 is 14.6 Å². The third-order valence-electron chi connectivity index (χ3n) is 2.78. The Morgan fingerprint density at radius 3 is 2.53 bits per heavy atom. The fraction of sp³-hybridized carbons (Fsp3) is 0.143. The normalized spacial score (nSPS) is 12.2. The molecule has 2 rings (SSSR count). The molecule has 0 saturated carbocycles. The number of hydrogen-bond acceptors (Lipinski definition) is 3. The number of anilines is 1. The molecule has 0 heterocycles. The SMILES string of the molecule is CC(Nc1ccc(Br)cc1F)c1ccc(O)cc1O. The molecule has 0 radical (unpaired) electrons. The third-order valence-corrected chi connectivity index (χ3v) is 3.28. The van der Waals surface area contributed by atoms with Gasteiger partial charge in [-0.25, -0.2) is 4.39 Å². The predicted molar refractivity (Wildman–Crippen MR) is 75.9 cm³/mol. The van der Waals surface area contributed by atoms with E-state index in [2.05, 4.69) is 21.2 Å². The van der Waals surface area contributed by atoms with E-state index in [1.807, 2.05) is 0 Å². The molecule has 0 aliphatic carbocycles. The van der Waals surface area contributed by atoms with Crippen LogP contribution in [0.3, 0.4) is 0 Å². The van der Waals surface area contributed by atoms with E-state index in [1.165, 1.54) is 18.2 Å². The zero-order valence-corrected chi connectivity index (χ0v) is 11.8. The minimum atomic E-state index is -0.375. The largest absolute Gasteiger partial charge is 0.508 e. The van der Waals surface area contributed by atoms with Crippen LogP contribution in [0.25, 0.3) is 0 Å². The number of phenols is 2. The zero-order valence-electron chi connectivity index (χ0n) is 10.2. The van der Waals surface area contributed by atoms with Gasteiger partial charge < -0.3 is 15.5 Å². The lowest BCUT2D eigenvalue weighted by atomic mass is 10.1. The Balaban J connectivity index is 2.23. The van der Waals surface area contributed by atoms with Gasteiger partial charge in [-0.1, -0.05) is 15.9 Å². The van der Waals surface area contributed by atoms with Gasteiger partial charge in [0.2, 0.25) is 0 Å². The highest BCUT2D eigenvalue weighted by Gasteiger charge is 2.12. The third kappa shape index (κ3) is 3.17. The number of phenolic OH excluding ortho intramolecular Hbond substituents is 2. The topological polar surface area (TPSA) is 52.5 Å². The number of aromatic hydroxyl groups is 2. The van der Waals surface area contributed by atoms with Crippen LogP contribution in [-0.2, 0) is 0 Å². The molecule has 1 unspecified atom stereocenters. The zero-order chi connectivity index (χ0) is 14.0. The van der Waals surface area contributed by atoms with Gasteiger partial charge in [-0.3, -0.25) is 0 Å². The Labute approximate surface area is 118 Å². The Morgan fingerprint density at radius 1 is 1.16 bits per heavy atom. The summed E-state index contributed by atoms with van der Waals surface area (Å²) in [5.41, 5.74) is 0.934. The summed E-state index contributed by atoms with van der Waals surface area (Å²) in [6.07, 6.45) is 0. The van der Waals surface area contributed by atoms with Gasteiger partial charge in [0, 0.05) is 16.1 Å². The maximum atomic E-state index is 13.7. The van der Waals surface area contributed by atoms with Crippen LogP contribution in [-0.4, -0.2) is 10.2 Å². The summed E-state index contributed by atoms with van der Waals surface area (Å²) >= 11 is 3.19. The number of benzene rings is 2. The molecule has 100 valence electrons. The van der Waals surface area contributed by atoms with Crippen molar-refractivity contribution in [3.05, 3.63) is 52.3 Å². The fourth-order valence-corrected chi connectivity index (χ4v) is 2.15. The van der Waals surface area contributed by atoms with Crippen LogP contribution in [0.4, 0.5) is 10.1 Å². The van der Waals surface area contributed by atoms with E-state index in [4.69, 9.17) is 0 Å². The van der Waals surface area contributed by atoms with Crippen LogP contribution < -0.4 is 5.32 Å². The average Bonchev–Trinajstić information content (AvgIpc) is 2.32. The van der Waals surface area contributed by atoms with Crippen molar-refractivity contribution in [2.45, 2.75) is 13.0 Å². The van der Waals surface area contributed by atoms with Crippen molar-refractivity contribution in [2.24, 2.45) is 0 Å². The van der Waals surface area contributed by atoms with Gasteiger partial charge in [0.15, 0.2) is 0 Å². The minimum absolute atomic E-state index is 0.0109. The maximum absolute atomic E-state index is 13.7. The predicted octanol–water partition coefficient (Wildman–Crippen LogP) is 4.17. The first kappa shape index (κ1) is 13.7. The molecule has 1 atom stereocenters. The summed E-state index contributed by atoms with van der Waals surface area (Å²) in [4.78, 5) is 0. The first-order valence-electron chi connectivity index (χ1n) is 5.71. The molecule has 2 aromatic carbocycles. The highest BCUT2D eigenvalue weighted by molar-refractivity contribution is 9.10. The lowest BCUT2D eigenvalue weighted by Gasteiger charge is -2.17. The molecule has 0 saturated heterocycles. The van der Waals surface area contributed by atoms with Crippen LogP contribution >= 0.6 is 15.9 Å². The molecular weight excluding hydrogens is 313 g/mol. The summed E-state index contributed by atoms with van der Waals surface area (Å²) in [6.45, 7) is 1.80. The van der Waals surface area contributed by atoms with Crippen LogP contribution in [0.5, 0.6) is 11.5 Å². The van der Waals surface area contributed by atoms with Crippen molar-refractivity contribution in [2.75, 3.05) is 5.32 Å². The van der Waals surface area contributed by atoms with Crippen molar-refractivity contribution in [3.8, 4) is 11.5 Å². The molecule has 0 aliphatic heterocycles. The van der Waals surface area contributed by atoms with Crippen molar-refractivity contribution in [1.29, 1.82) is 0 Å². The maximum Gasteiger partial charge on any atom is 0.147 e. The molecule has 0 fully saturated rings. The molecule has 5 heteroatoms. The van der Waals surface area contributed by atoms with Gasteiger partial charge >= 0.3 is 0 Å².